The van der Waals surface area contributed by atoms with Crippen molar-refractivity contribution in [2.45, 2.75) is 51.5 Å². The molecule has 1 amide bonds. The lowest BCUT2D eigenvalue weighted by molar-refractivity contribution is -0.121. The standard InChI is InChI=1S/C20H30N4O/c1-20(2,24-13-7-4-8-14-24)15-21-19(25)12-11-18-22-16-9-5-6-10-17(16)23(18)3/h5-6,9-10H,4,7-8,11-15H2,1-3H3,(H,21,25). The first-order valence-electron chi connectivity index (χ1n) is 9.39. The fourth-order valence-corrected chi connectivity index (χ4v) is 3.66. The van der Waals surface area contributed by atoms with Gasteiger partial charge in [0, 0.05) is 32.0 Å². The minimum Gasteiger partial charge on any atom is -0.354 e. The van der Waals surface area contributed by atoms with Crippen molar-refractivity contribution in [1.82, 2.24) is 19.8 Å². The zero-order valence-electron chi connectivity index (χ0n) is 15.7. The van der Waals surface area contributed by atoms with Gasteiger partial charge < -0.3 is 9.88 Å². The van der Waals surface area contributed by atoms with Crippen molar-refractivity contribution in [3.8, 4) is 0 Å². The fraction of sp³-hybridized carbons (Fsp3) is 0.600. The third-order valence-corrected chi connectivity index (χ3v) is 5.39. The molecular weight excluding hydrogens is 312 g/mol. The Morgan fingerprint density at radius 1 is 1.20 bits per heavy atom. The van der Waals surface area contributed by atoms with Crippen LogP contribution in [0.4, 0.5) is 0 Å². The van der Waals surface area contributed by atoms with E-state index < -0.39 is 0 Å². The van der Waals surface area contributed by atoms with Crippen molar-refractivity contribution in [3.05, 3.63) is 30.1 Å². The van der Waals surface area contributed by atoms with Crippen LogP contribution in [0.1, 0.15) is 45.4 Å². The van der Waals surface area contributed by atoms with Crippen molar-refractivity contribution < 1.29 is 4.79 Å². The number of carbonyl (C=O) groups excluding carboxylic acids is 1. The summed E-state index contributed by atoms with van der Waals surface area (Å²) in [5.41, 5.74) is 2.13. The number of carbonyl (C=O) groups is 1. The maximum absolute atomic E-state index is 12.3. The highest BCUT2D eigenvalue weighted by Gasteiger charge is 2.28. The van der Waals surface area contributed by atoms with E-state index in [0.717, 1.165) is 29.9 Å². The van der Waals surface area contributed by atoms with E-state index in [4.69, 9.17) is 0 Å². The van der Waals surface area contributed by atoms with E-state index >= 15 is 0 Å². The molecule has 0 unspecified atom stereocenters. The molecule has 1 aromatic heterocycles. The normalized spacial score (nSPS) is 16.3. The van der Waals surface area contributed by atoms with E-state index in [1.165, 1.54) is 19.3 Å². The Morgan fingerprint density at radius 3 is 2.64 bits per heavy atom. The van der Waals surface area contributed by atoms with Gasteiger partial charge in [0.25, 0.3) is 0 Å². The second-order valence-corrected chi connectivity index (χ2v) is 7.71. The van der Waals surface area contributed by atoms with E-state index in [1.807, 2.05) is 25.2 Å². The van der Waals surface area contributed by atoms with Gasteiger partial charge in [-0.2, -0.15) is 0 Å². The minimum atomic E-state index is 0.0218. The molecule has 0 bridgehead atoms. The molecular formula is C20H30N4O. The van der Waals surface area contributed by atoms with Crippen molar-refractivity contribution >= 4 is 16.9 Å². The summed E-state index contributed by atoms with van der Waals surface area (Å²) in [6.45, 7) is 7.44. The molecule has 0 aliphatic carbocycles. The highest BCUT2D eigenvalue weighted by molar-refractivity contribution is 5.77. The predicted molar refractivity (Wildman–Crippen MR) is 102 cm³/mol. The Labute approximate surface area is 150 Å². The number of nitrogens with one attached hydrogen (secondary N) is 1. The maximum atomic E-state index is 12.3. The van der Waals surface area contributed by atoms with Gasteiger partial charge in [-0.1, -0.05) is 18.6 Å². The molecule has 1 saturated heterocycles. The number of hydrogen-bond acceptors (Lipinski definition) is 3. The molecule has 0 saturated carbocycles. The molecule has 3 rings (SSSR count). The first kappa shape index (κ1) is 17.9. The average Bonchev–Trinajstić information content (AvgIpc) is 2.95. The Morgan fingerprint density at radius 2 is 1.92 bits per heavy atom. The molecule has 2 aromatic rings. The Kier molecular flexibility index (Phi) is 5.42. The van der Waals surface area contributed by atoms with Crippen LogP contribution in [0.5, 0.6) is 0 Å². The highest BCUT2D eigenvalue weighted by Crippen LogP contribution is 2.20. The maximum Gasteiger partial charge on any atom is 0.220 e. The third-order valence-electron chi connectivity index (χ3n) is 5.39. The Balaban J connectivity index is 1.51. The number of piperidine rings is 1. The number of para-hydroxylation sites is 2. The lowest BCUT2D eigenvalue weighted by Crippen LogP contribution is -2.53. The quantitative estimate of drug-likeness (QED) is 0.878. The van der Waals surface area contributed by atoms with Gasteiger partial charge in [0.2, 0.25) is 5.91 Å². The molecule has 136 valence electrons. The molecule has 1 aromatic carbocycles. The molecule has 0 spiro atoms. The summed E-state index contributed by atoms with van der Waals surface area (Å²) in [4.78, 5) is 19.4. The van der Waals surface area contributed by atoms with Crippen molar-refractivity contribution in [2.24, 2.45) is 7.05 Å². The van der Waals surface area contributed by atoms with Gasteiger partial charge >= 0.3 is 0 Å². The minimum absolute atomic E-state index is 0.0218. The predicted octanol–water partition coefficient (Wildman–Crippen LogP) is 2.89. The SMILES string of the molecule is Cn1c(CCC(=O)NCC(C)(C)N2CCCCC2)nc2ccccc21. The van der Waals surface area contributed by atoms with Gasteiger partial charge in [-0.05, 0) is 51.9 Å². The summed E-state index contributed by atoms with van der Waals surface area (Å²) in [5, 5.41) is 3.13. The van der Waals surface area contributed by atoms with Gasteiger partial charge in [0.15, 0.2) is 0 Å². The summed E-state index contributed by atoms with van der Waals surface area (Å²) in [6, 6.07) is 8.09. The largest absolute Gasteiger partial charge is 0.354 e. The summed E-state index contributed by atoms with van der Waals surface area (Å²) in [6.07, 6.45) is 5.01. The van der Waals surface area contributed by atoms with E-state index in [-0.39, 0.29) is 11.4 Å². The number of likely N-dealkylation sites (tertiary alicyclic amines) is 1. The number of rotatable bonds is 6. The number of amides is 1. The van der Waals surface area contributed by atoms with Crippen molar-refractivity contribution in [1.29, 1.82) is 0 Å². The molecule has 5 heteroatoms. The summed E-state index contributed by atoms with van der Waals surface area (Å²) in [7, 11) is 2.02. The number of fused-ring (bicyclic) bond motifs is 1. The van der Waals surface area contributed by atoms with E-state index in [0.29, 0.717) is 19.4 Å². The molecule has 2 heterocycles. The lowest BCUT2D eigenvalue weighted by atomic mass is 9.98. The van der Waals surface area contributed by atoms with Crippen molar-refractivity contribution in [3.63, 3.8) is 0 Å². The molecule has 25 heavy (non-hydrogen) atoms. The number of aryl methyl sites for hydroxylation is 2. The summed E-state index contributed by atoms with van der Waals surface area (Å²) >= 11 is 0. The zero-order chi connectivity index (χ0) is 17.9. The van der Waals surface area contributed by atoms with Crippen LogP contribution in [-0.2, 0) is 18.3 Å². The number of aromatic nitrogens is 2. The van der Waals surface area contributed by atoms with Gasteiger partial charge in [0.05, 0.1) is 11.0 Å². The second kappa shape index (κ2) is 7.56. The summed E-state index contributed by atoms with van der Waals surface area (Å²) < 4.78 is 2.08. The zero-order valence-corrected chi connectivity index (χ0v) is 15.7. The van der Waals surface area contributed by atoms with Crippen LogP contribution in [0.15, 0.2) is 24.3 Å². The van der Waals surface area contributed by atoms with Gasteiger partial charge in [-0.3, -0.25) is 9.69 Å². The van der Waals surface area contributed by atoms with Gasteiger partial charge in [0.1, 0.15) is 5.82 Å². The Bertz CT molecular complexity index is 728. The summed E-state index contributed by atoms with van der Waals surface area (Å²) in [5.74, 6) is 1.07. The van der Waals surface area contributed by atoms with E-state index in [1.54, 1.807) is 0 Å². The van der Waals surface area contributed by atoms with Crippen LogP contribution in [0, 0.1) is 0 Å². The molecule has 1 fully saturated rings. The molecule has 1 aliphatic heterocycles. The molecule has 1 aliphatic rings. The molecule has 1 N–H and O–H groups in total. The first-order valence-corrected chi connectivity index (χ1v) is 9.39. The van der Waals surface area contributed by atoms with Crippen molar-refractivity contribution in [2.75, 3.05) is 19.6 Å². The first-order chi connectivity index (χ1) is 12.0. The van der Waals surface area contributed by atoms with Crippen LogP contribution in [0.3, 0.4) is 0 Å². The molecule has 0 radical (unpaired) electrons. The molecule has 5 nitrogen and oxygen atoms in total. The van der Waals surface area contributed by atoms with Crippen LogP contribution >= 0.6 is 0 Å². The third kappa shape index (κ3) is 4.21. The average molecular weight is 342 g/mol. The second-order valence-electron chi connectivity index (χ2n) is 7.71. The fourth-order valence-electron chi connectivity index (χ4n) is 3.66. The van der Waals surface area contributed by atoms with Crippen LogP contribution in [-0.4, -0.2) is 45.5 Å². The monoisotopic (exact) mass is 342 g/mol. The topological polar surface area (TPSA) is 50.2 Å². The lowest BCUT2D eigenvalue weighted by Gasteiger charge is -2.41. The number of hydrogen-bond donors (Lipinski definition) is 1. The Hall–Kier alpha value is -1.88. The number of benzene rings is 1. The van der Waals surface area contributed by atoms with E-state index in [2.05, 4.69) is 39.7 Å². The van der Waals surface area contributed by atoms with Crippen LogP contribution in [0.25, 0.3) is 11.0 Å². The number of nitrogens with zero attached hydrogens (tertiary/aromatic N) is 3. The van der Waals surface area contributed by atoms with Gasteiger partial charge in [-0.15, -0.1) is 0 Å². The smallest absolute Gasteiger partial charge is 0.220 e. The van der Waals surface area contributed by atoms with Gasteiger partial charge in [-0.25, -0.2) is 4.98 Å². The number of imidazole rings is 1. The van der Waals surface area contributed by atoms with Crippen LogP contribution in [0.2, 0.25) is 0 Å². The van der Waals surface area contributed by atoms with E-state index in [9.17, 15) is 4.79 Å². The van der Waals surface area contributed by atoms with Crippen LogP contribution < -0.4 is 5.32 Å². The molecule has 0 atom stereocenters. The highest BCUT2D eigenvalue weighted by atomic mass is 16.1.